The largest absolute Gasteiger partial charge is 0.455 e. The van der Waals surface area contributed by atoms with Crippen LogP contribution in [0.5, 0.6) is 0 Å². The highest BCUT2D eigenvalue weighted by atomic mass is 28.4. The molecular formula is C16H28O3Si. The minimum absolute atomic E-state index is 0.0864. The molecule has 0 saturated heterocycles. The summed E-state index contributed by atoms with van der Waals surface area (Å²) in [7, 11) is -1.66. The topological polar surface area (TPSA) is 35.5 Å². The smallest absolute Gasteiger partial charge is 0.338 e. The summed E-state index contributed by atoms with van der Waals surface area (Å²) in [6, 6.07) is 0. The van der Waals surface area contributed by atoms with Crippen LogP contribution in [0, 0.1) is 0 Å². The molecule has 1 rings (SSSR count). The fraction of sp³-hybridized carbons (Fsp3) is 0.688. The van der Waals surface area contributed by atoms with Gasteiger partial charge in [-0.3, -0.25) is 0 Å². The van der Waals surface area contributed by atoms with E-state index in [-0.39, 0.29) is 17.1 Å². The summed E-state index contributed by atoms with van der Waals surface area (Å²) in [6.45, 7) is 13.9. The van der Waals surface area contributed by atoms with Crippen molar-refractivity contribution >= 4 is 14.3 Å². The van der Waals surface area contributed by atoms with Crippen LogP contribution in [0.15, 0.2) is 23.8 Å². The minimum Gasteiger partial charge on any atom is -0.455 e. The molecule has 3 nitrogen and oxygen atoms in total. The number of ether oxygens (including phenoxy) is 1. The van der Waals surface area contributed by atoms with E-state index in [1.807, 2.05) is 19.1 Å². The second kappa shape index (κ2) is 6.72. The van der Waals surface area contributed by atoms with Gasteiger partial charge in [0.25, 0.3) is 0 Å². The third-order valence-electron chi connectivity index (χ3n) is 4.11. The Morgan fingerprint density at radius 2 is 2.05 bits per heavy atom. The van der Waals surface area contributed by atoms with E-state index in [1.54, 1.807) is 6.08 Å². The number of cyclic esters (lactones) is 1. The van der Waals surface area contributed by atoms with Gasteiger partial charge in [-0.2, -0.15) is 0 Å². The van der Waals surface area contributed by atoms with Gasteiger partial charge in [0.05, 0.1) is 5.57 Å². The Morgan fingerprint density at radius 1 is 1.40 bits per heavy atom. The fourth-order valence-electron chi connectivity index (χ4n) is 1.78. The van der Waals surface area contributed by atoms with Gasteiger partial charge in [-0.05, 0) is 44.0 Å². The number of carbonyl (C=O) groups excluding carboxylic acids is 1. The summed E-state index contributed by atoms with van der Waals surface area (Å²) in [5.74, 6) is -0.210. The van der Waals surface area contributed by atoms with E-state index >= 15 is 0 Å². The summed E-state index contributed by atoms with van der Waals surface area (Å²) >= 11 is 0. The summed E-state index contributed by atoms with van der Waals surface area (Å²) < 4.78 is 11.4. The van der Waals surface area contributed by atoms with Gasteiger partial charge in [-0.1, -0.05) is 32.9 Å². The maximum absolute atomic E-state index is 11.5. The molecule has 0 saturated carbocycles. The van der Waals surface area contributed by atoms with Crippen molar-refractivity contribution in [1.29, 1.82) is 0 Å². The maximum Gasteiger partial charge on any atom is 0.338 e. The Bertz CT molecular complexity index is 402. The van der Waals surface area contributed by atoms with E-state index in [1.165, 1.54) is 0 Å². The van der Waals surface area contributed by atoms with Crippen LogP contribution in [0.1, 0.15) is 40.5 Å². The molecule has 0 aliphatic carbocycles. The molecule has 0 aromatic carbocycles. The lowest BCUT2D eigenvalue weighted by Crippen LogP contribution is -2.41. The Balaban J connectivity index is 2.35. The number of hydrogen-bond acceptors (Lipinski definition) is 3. The predicted molar refractivity (Wildman–Crippen MR) is 85.2 cm³/mol. The number of rotatable bonds is 6. The Labute approximate surface area is 124 Å². The quantitative estimate of drug-likeness (QED) is 0.418. The van der Waals surface area contributed by atoms with E-state index in [0.717, 1.165) is 19.4 Å². The van der Waals surface area contributed by atoms with E-state index < -0.39 is 8.32 Å². The van der Waals surface area contributed by atoms with Gasteiger partial charge in [-0.25, -0.2) is 4.79 Å². The zero-order valence-corrected chi connectivity index (χ0v) is 14.7. The van der Waals surface area contributed by atoms with Crippen LogP contribution in [0.2, 0.25) is 18.1 Å². The zero-order chi connectivity index (χ0) is 15.4. The molecule has 0 aromatic heterocycles. The van der Waals surface area contributed by atoms with E-state index in [2.05, 4.69) is 33.9 Å². The molecule has 20 heavy (non-hydrogen) atoms. The highest BCUT2D eigenvalue weighted by molar-refractivity contribution is 6.74. The van der Waals surface area contributed by atoms with Crippen molar-refractivity contribution in [3.05, 3.63) is 23.8 Å². The molecule has 114 valence electrons. The van der Waals surface area contributed by atoms with Gasteiger partial charge in [0, 0.05) is 6.61 Å². The normalized spacial score (nSPS) is 20.4. The second-order valence-electron chi connectivity index (χ2n) is 6.82. The second-order valence-corrected chi connectivity index (χ2v) is 11.6. The Kier molecular flexibility index (Phi) is 5.77. The Morgan fingerprint density at radius 3 is 2.60 bits per heavy atom. The standard InChI is InChI=1S/C16H28O3Si/c1-7-9-13-12-14(19-15(13)17)10-8-11-18-20(5,6)16(2,3)4/h7,9,12,14H,8,10-11H2,1-6H3/b9-7+/t14-/m1/s1. The van der Waals surface area contributed by atoms with Gasteiger partial charge in [-0.15, -0.1) is 0 Å². The molecule has 0 fully saturated rings. The number of carbonyl (C=O) groups is 1. The van der Waals surface area contributed by atoms with Gasteiger partial charge >= 0.3 is 5.97 Å². The molecule has 0 radical (unpaired) electrons. The average Bonchev–Trinajstić information content (AvgIpc) is 2.65. The molecule has 1 atom stereocenters. The van der Waals surface area contributed by atoms with Crippen molar-refractivity contribution in [1.82, 2.24) is 0 Å². The van der Waals surface area contributed by atoms with Crippen molar-refractivity contribution in [2.45, 2.75) is 64.8 Å². The molecule has 0 N–H and O–H groups in total. The molecule has 1 heterocycles. The predicted octanol–water partition coefficient (Wildman–Crippen LogP) is 4.22. The fourth-order valence-corrected chi connectivity index (χ4v) is 2.87. The molecule has 4 heteroatoms. The van der Waals surface area contributed by atoms with E-state index in [9.17, 15) is 4.79 Å². The van der Waals surface area contributed by atoms with Crippen LogP contribution < -0.4 is 0 Å². The molecule has 1 aliphatic heterocycles. The van der Waals surface area contributed by atoms with Crippen molar-refractivity contribution in [2.24, 2.45) is 0 Å². The third kappa shape index (κ3) is 4.60. The van der Waals surface area contributed by atoms with E-state index in [4.69, 9.17) is 9.16 Å². The lowest BCUT2D eigenvalue weighted by Gasteiger charge is -2.36. The van der Waals surface area contributed by atoms with Crippen molar-refractivity contribution in [2.75, 3.05) is 6.61 Å². The first-order valence-electron chi connectivity index (χ1n) is 7.37. The summed E-state index contributed by atoms with van der Waals surface area (Å²) in [4.78, 5) is 11.5. The molecule has 0 unspecified atom stereocenters. The monoisotopic (exact) mass is 296 g/mol. The van der Waals surface area contributed by atoms with Crippen molar-refractivity contribution in [3.8, 4) is 0 Å². The van der Waals surface area contributed by atoms with Gasteiger partial charge in [0.15, 0.2) is 8.32 Å². The van der Waals surface area contributed by atoms with Crippen molar-refractivity contribution < 1.29 is 14.0 Å². The third-order valence-corrected chi connectivity index (χ3v) is 8.65. The zero-order valence-electron chi connectivity index (χ0n) is 13.7. The molecule has 0 aromatic rings. The molecule has 0 amide bonds. The lowest BCUT2D eigenvalue weighted by atomic mass is 10.1. The molecule has 0 bridgehead atoms. The van der Waals surface area contributed by atoms with Crippen LogP contribution in [0.25, 0.3) is 0 Å². The lowest BCUT2D eigenvalue weighted by molar-refractivity contribution is -0.139. The number of hydrogen-bond donors (Lipinski definition) is 0. The van der Waals surface area contributed by atoms with Gasteiger partial charge in [0.2, 0.25) is 0 Å². The number of allylic oxidation sites excluding steroid dienone is 1. The SMILES string of the molecule is C/C=C/C1=C[C@@H](CCCO[Si](C)(C)C(C)(C)C)OC1=O. The Hall–Kier alpha value is -0.873. The summed E-state index contributed by atoms with van der Waals surface area (Å²) in [5.41, 5.74) is 0.669. The van der Waals surface area contributed by atoms with Gasteiger partial charge in [0.1, 0.15) is 6.10 Å². The summed E-state index contributed by atoms with van der Waals surface area (Å²) in [5, 5.41) is 0.242. The summed E-state index contributed by atoms with van der Waals surface area (Å²) in [6.07, 6.45) is 7.24. The average molecular weight is 296 g/mol. The first kappa shape index (κ1) is 17.2. The van der Waals surface area contributed by atoms with Crippen LogP contribution in [0.4, 0.5) is 0 Å². The first-order valence-corrected chi connectivity index (χ1v) is 10.3. The first-order chi connectivity index (χ1) is 9.17. The van der Waals surface area contributed by atoms with Crippen LogP contribution in [-0.4, -0.2) is 27.0 Å². The van der Waals surface area contributed by atoms with Crippen LogP contribution in [-0.2, 0) is 14.0 Å². The van der Waals surface area contributed by atoms with Crippen LogP contribution >= 0.6 is 0 Å². The van der Waals surface area contributed by atoms with Crippen molar-refractivity contribution in [3.63, 3.8) is 0 Å². The maximum atomic E-state index is 11.5. The molecule has 1 aliphatic rings. The van der Waals surface area contributed by atoms with Gasteiger partial charge < -0.3 is 9.16 Å². The molecule has 0 spiro atoms. The highest BCUT2D eigenvalue weighted by Crippen LogP contribution is 2.36. The minimum atomic E-state index is -1.66. The van der Waals surface area contributed by atoms with E-state index in [0.29, 0.717) is 5.57 Å². The number of esters is 1. The molecular weight excluding hydrogens is 268 g/mol. The highest BCUT2D eigenvalue weighted by Gasteiger charge is 2.36. The van der Waals surface area contributed by atoms with Crippen LogP contribution in [0.3, 0.4) is 0 Å².